The van der Waals surface area contributed by atoms with E-state index in [0.29, 0.717) is 12.1 Å². The van der Waals surface area contributed by atoms with E-state index in [2.05, 4.69) is 22.1 Å². The Bertz CT molecular complexity index is 1020. The molecule has 0 aliphatic carbocycles. The Balaban J connectivity index is 1.82. The quantitative estimate of drug-likeness (QED) is 0.588. The van der Waals surface area contributed by atoms with Crippen molar-refractivity contribution >= 4 is 29.3 Å². The predicted octanol–water partition coefficient (Wildman–Crippen LogP) is 4.34. The van der Waals surface area contributed by atoms with Gasteiger partial charge in [0.1, 0.15) is 11.6 Å². The molecule has 0 fully saturated rings. The van der Waals surface area contributed by atoms with Gasteiger partial charge in [0.2, 0.25) is 5.91 Å². The fourth-order valence-corrected chi connectivity index (χ4v) is 3.70. The molecule has 0 atom stereocenters. The summed E-state index contributed by atoms with van der Waals surface area (Å²) in [6.45, 7) is 7.06. The fourth-order valence-electron chi connectivity index (χ4n) is 3.70. The topological polar surface area (TPSA) is 86.9 Å². The summed E-state index contributed by atoms with van der Waals surface area (Å²) < 4.78 is 2.19. The van der Waals surface area contributed by atoms with Crippen molar-refractivity contribution in [1.82, 2.24) is 4.57 Å². The summed E-state index contributed by atoms with van der Waals surface area (Å²) in [5, 5.41) is 15.2. The van der Waals surface area contributed by atoms with Crippen LogP contribution >= 0.6 is 0 Å². The number of carbonyl (C=O) groups excluding carboxylic acids is 2. The third-order valence-corrected chi connectivity index (χ3v) is 5.21. The van der Waals surface area contributed by atoms with Crippen molar-refractivity contribution in [2.75, 3.05) is 10.6 Å². The van der Waals surface area contributed by atoms with E-state index in [0.717, 1.165) is 54.0 Å². The molecule has 150 valence electrons. The Morgan fingerprint density at radius 2 is 2.10 bits per heavy atom. The molecule has 0 unspecified atom stereocenters. The van der Waals surface area contributed by atoms with Crippen molar-refractivity contribution in [2.24, 2.45) is 0 Å². The maximum absolute atomic E-state index is 12.7. The van der Waals surface area contributed by atoms with Crippen LogP contribution in [-0.4, -0.2) is 16.4 Å². The zero-order chi connectivity index (χ0) is 21.0. The molecule has 1 aliphatic rings. The van der Waals surface area contributed by atoms with Gasteiger partial charge in [-0.05, 0) is 74.6 Å². The number of aromatic nitrogens is 1. The first-order valence-electron chi connectivity index (χ1n) is 9.95. The molecule has 2 heterocycles. The highest BCUT2D eigenvalue weighted by molar-refractivity contribution is 6.10. The van der Waals surface area contributed by atoms with Gasteiger partial charge in [-0.25, -0.2) is 0 Å². The minimum atomic E-state index is -0.439. The second-order valence-electron chi connectivity index (χ2n) is 7.38. The molecular weight excluding hydrogens is 364 g/mol. The second-order valence-corrected chi connectivity index (χ2v) is 7.38. The molecule has 29 heavy (non-hydrogen) atoms. The highest BCUT2D eigenvalue weighted by Gasteiger charge is 2.16. The maximum atomic E-state index is 12.7. The Labute approximate surface area is 171 Å². The number of hydrogen-bond donors (Lipinski definition) is 2. The molecule has 1 aromatic carbocycles. The Morgan fingerprint density at radius 3 is 2.83 bits per heavy atom. The molecule has 2 N–H and O–H groups in total. The van der Waals surface area contributed by atoms with Gasteiger partial charge < -0.3 is 15.2 Å². The van der Waals surface area contributed by atoms with E-state index in [-0.39, 0.29) is 11.5 Å². The van der Waals surface area contributed by atoms with Crippen molar-refractivity contribution < 1.29 is 9.59 Å². The van der Waals surface area contributed by atoms with Gasteiger partial charge in [-0.3, -0.25) is 9.59 Å². The number of hydrogen-bond acceptors (Lipinski definition) is 3. The van der Waals surface area contributed by atoms with E-state index in [1.807, 2.05) is 32.0 Å². The minimum Gasteiger partial charge on any atom is -0.349 e. The number of fused-ring (bicyclic) bond motifs is 1. The van der Waals surface area contributed by atoms with Crippen molar-refractivity contribution in [1.29, 1.82) is 5.26 Å². The van der Waals surface area contributed by atoms with Crippen molar-refractivity contribution in [3.05, 3.63) is 52.4 Å². The third-order valence-electron chi connectivity index (χ3n) is 5.21. The maximum Gasteiger partial charge on any atom is 0.266 e. The van der Waals surface area contributed by atoms with Crippen LogP contribution in [0.3, 0.4) is 0 Å². The van der Waals surface area contributed by atoms with Gasteiger partial charge in [-0.15, -0.1) is 0 Å². The molecule has 1 aromatic heterocycles. The number of aryl methyl sites for hydroxylation is 2. The molecule has 1 aliphatic heterocycles. The summed E-state index contributed by atoms with van der Waals surface area (Å²) in [5.41, 5.74) is 5.48. The smallest absolute Gasteiger partial charge is 0.266 e. The van der Waals surface area contributed by atoms with Crippen LogP contribution in [0.25, 0.3) is 6.08 Å². The number of nitrogens with zero attached hydrogens (tertiary/aromatic N) is 2. The second kappa shape index (κ2) is 8.78. The van der Waals surface area contributed by atoms with Gasteiger partial charge in [0.15, 0.2) is 0 Å². The van der Waals surface area contributed by atoms with Gasteiger partial charge in [-0.1, -0.05) is 6.92 Å². The first-order chi connectivity index (χ1) is 13.9. The molecule has 6 heteroatoms. The number of benzene rings is 1. The largest absolute Gasteiger partial charge is 0.349 e. The van der Waals surface area contributed by atoms with E-state index >= 15 is 0 Å². The molecule has 0 saturated heterocycles. The summed E-state index contributed by atoms with van der Waals surface area (Å²) in [6.07, 6.45) is 4.70. The molecule has 6 nitrogen and oxygen atoms in total. The molecule has 0 saturated carbocycles. The lowest BCUT2D eigenvalue weighted by atomic mass is 10.1. The number of carbonyl (C=O) groups is 2. The van der Waals surface area contributed by atoms with Crippen LogP contribution in [0, 0.1) is 25.2 Å². The summed E-state index contributed by atoms with van der Waals surface area (Å²) in [4.78, 5) is 24.4. The van der Waals surface area contributed by atoms with Crippen molar-refractivity contribution in [3.63, 3.8) is 0 Å². The predicted molar refractivity (Wildman–Crippen MR) is 114 cm³/mol. The Hall–Kier alpha value is -3.33. The van der Waals surface area contributed by atoms with E-state index in [1.54, 1.807) is 18.2 Å². The van der Waals surface area contributed by atoms with Crippen LogP contribution < -0.4 is 10.6 Å². The zero-order valence-corrected chi connectivity index (χ0v) is 17.1. The van der Waals surface area contributed by atoms with Gasteiger partial charge in [-0.2, -0.15) is 5.26 Å². The lowest BCUT2D eigenvalue weighted by molar-refractivity contribution is -0.116. The molecular formula is C23H26N4O2. The van der Waals surface area contributed by atoms with Gasteiger partial charge in [0.25, 0.3) is 5.91 Å². The molecule has 0 bridgehead atoms. The number of nitriles is 1. The van der Waals surface area contributed by atoms with Gasteiger partial charge in [0.05, 0.1) is 0 Å². The highest BCUT2D eigenvalue weighted by Crippen LogP contribution is 2.26. The number of amides is 2. The van der Waals surface area contributed by atoms with Crippen LogP contribution in [0.15, 0.2) is 29.8 Å². The first kappa shape index (κ1) is 20.4. The van der Waals surface area contributed by atoms with Crippen LogP contribution in [0.5, 0.6) is 0 Å². The van der Waals surface area contributed by atoms with Crippen LogP contribution in [0.1, 0.15) is 48.7 Å². The van der Waals surface area contributed by atoms with E-state index in [1.165, 1.54) is 0 Å². The van der Waals surface area contributed by atoms with E-state index in [4.69, 9.17) is 0 Å². The van der Waals surface area contributed by atoms with Gasteiger partial charge >= 0.3 is 0 Å². The monoisotopic (exact) mass is 390 g/mol. The number of nitrogens with one attached hydrogen (secondary N) is 2. The summed E-state index contributed by atoms with van der Waals surface area (Å²) >= 11 is 0. The standard InChI is InChI=1S/C23H26N4O2/c1-4-10-27-15(2)11-18(16(27)3)12-19(14-24)23(29)25-20-8-9-21-17(13-20)6-5-7-22(28)26-21/h8-9,11-13H,4-7,10H2,1-3H3,(H,25,29)(H,26,28)/b19-12+. The average molecular weight is 390 g/mol. The lowest BCUT2D eigenvalue weighted by Crippen LogP contribution is -2.14. The summed E-state index contributed by atoms with van der Waals surface area (Å²) in [7, 11) is 0. The van der Waals surface area contributed by atoms with Crippen LogP contribution in [0.2, 0.25) is 0 Å². The minimum absolute atomic E-state index is 0.0101. The van der Waals surface area contributed by atoms with E-state index in [9.17, 15) is 14.9 Å². The number of anilines is 2. The molecule has 2 amide bonds. The lowest BCUT2D eigenvalue weighted by Gasteiger charge is -2.10. The molecule has 3 rings (SSSR count). The number of rotatable bonds is 5. The van der Waals surface area contributed by atoms with Gasteiger partial charge in [0, 0.05) is 35.7 Å². The summed E-state index contributed by atoms with van der Waals surface area (Å²) in [5.74, 6) is -0.429. The molecule has 0 spiro atoms. The highest BCUT2D eigenvalue weighted by atomic mass is 16.2. The Kier molecular flexibility index (Phi) is 6.18. The van der Waals surface area contributed by atoms with E-state index < -0.39 is 5.91 Å². The fraction of sp³-hybridized carbons (Fsp3) is 0.348. The third kappa shape index (κ3) is 4.57. The SMILES string of the molecule is CCCn1c(C)cc(/C=C(\C#N)C(=O)Nc2ccc3c(c2)CCCC(=O)N3)c1C. The summed E-state index contributed by atoms with van der Waals surface area (Å²) in [6, 6.07) is 9.42. The average Bonchev–Trinajstić information content (AvgIpc) is 2.84. The van der Waals surface area contributed by atoms with Crippen molar-refractivity contribution in [3.8, 4) is 6.07 Å². The Morgan fingerprint density at radius 1 is 1.31 bits per heavy atom. The van der Waals surface area contributed by atoms with Crippen LogP contribution in [0.4, 0.5) is 11.4 Å². The molecule has 2 aromatic rings. The first-order valence-corrected chi connectivity index (χ1v) is 9.95. The molecule has 0 radical (unpaired) electrons. The normalized spacial score (nSPS) is 13.9. The van der Waals surface area contributed by atoms with Crippen molar-refractivity contribution in [2.45, 2.75) is 53.0 Å². The zero-order valence-electron chi connectivity index (χ0n) is 17.1. The van der Waals surface area contributed by atoms with Crippen LogP contribution in [-0.2, 0) is 22.6 Å².